The molecule has 0 aliphatic rings. The first-order valence-electron chi connectivity index (χ1n) is 4.93. The number of rotatable bonds is 3. The topological polar surface area (TPSA) is 45.5 Å². The monoisotopic (exact) mass is 218 g/mol. The van der Waals surface area contributed by atoms with Gasteiger partial charge in [-0.1, -0.05) is 12.1 Å². The number of nitrogens with zero attached hydrogens (tertiary/aromatic N) is 2. The number of hydrogen-bond donors (Lipinski definition) is 1. The van der Waals surface area contributed by atoms with E-state index in [1.807, 2.05) is 12.1 Å². The highest BCUT2D eigenvalue weighted by Gasteiger charge is 2.02. The van der Waals surface area contributed by atoms with Crippen LogP contribution < -0.4 is 0 Å². The molecule has 0 bridgehead atoms. The molecule has 1 aromatic heterocycles. The third-order valence-corrected chi connectivity index (χ3v) is 2.43. The zero-order valence-corrected chi connectivity index (χ0v) is 8.60. The molecule has 4 heteroatoms. The Kier molecular flexibility index (Phi) is 3.10. The van der Waals surface area contributed by atoms with E-state index in [0.717, 1.165) is 16.5 Å². The van der Waals surface area contributed by atoms with Crippen molar-refractivity contribution in [1.82, 2.24) is 4.98 Å². The SMILES string of the molecule is O/N=C/Cc1cnc2cccc(CF)c2c1. The van der Waals surface area contributed by atoms with Gasteiger partial charge < -0.3 is 5.21 Å². The maximum Gasteiger partial charge on any atom is 0.115 e. The molecule has 0 amide bonds. The van der Waals surface area contributed by atoms with Gasteiger partial charge in [0.25, 0.3) is 0 Å². The fraction of sp³-hybridized carbons (Fsp3) is 0.167. The van der Waals surface area contributed by atoms with E-state index in [0.29, 0.717) is 12.0 Å². The van der Waals surface area contributed by atoms with E-state index in [1.165, 1.54) is 6.21 Å². The molecule has 0 radical (unpaired) electrons. The van der Waals surface area contributed by atoms with Crippen molar-refractivity contribution in [3.63, 3.8) is 0 Å². The molecule has 2 aromatic rings. The van der Waals surface area contributed by atoms with Gasteiger partial charge in [0, 0.05) is 24.2 Å². The molecule has 1 heterocycles. The van der Waals surface area contributed by atoms with Gasteiger partial charge >= 0.3 is 0 Å². The summed E-state index contributed by atoms with van der Waals surface area (Å²) in [6.45, 7) is -0.503. The number of pyridine rings is 1. The van der Waals surface area contributed by atoms with E-state index >= 15 is 0 Å². The molecule has 0 saturated heterocycles. The second-order valence-electron chi connectivity index (χ2n) is 3.46. The lowest BCUT2D eigenvalue weighted by Crippen LogP contribution is -1.91. The standard InChI is InChI=1S/C12H11FN2O/c13-7-10-2-1-3-12-11(10)6-9(8-14-12)4-5-15-16/h1-3,5-6,8,16H,4,7H2/b15-5+. The molecule has 0 aliphatic heterocycles. The van der Waals surface area contributed by atoms with Crippen molar-refractivity contribution in [2.24, 2.45) is 5.16 Å². The van der Waals surface area contributed by atoms with Crippen LogP contribution in [0.2, 0.25) is 0 Å². The molecule has 16 heavy (non-hydrogen) atoms. The Morgan fingerprint density at radius 1 is 1.44 bits per heavy atom. The summed E-state index contributed by atoms with van der Waals surface area (Å²) >= 11 is 0. The van der Waals surface area contributed by atoms with Crippen LogP contribution >= 0.6 is 0 Å². The van der Waals surface area contributed by atoms with Gasteiger partial charge in [-0.25, -0.2) is 4.39 Å². The van der Waals surface area contributed by atoms with Crippen LogP contribution in [0.3, 0.4) is 0 Å². The number of hydrogen-bond acceptors (Lipinski definition) is 3. The molecule has 0 saturated carbocycles. The minimum Gasteiger partial charge on any atom is -0.411 e. The Morgan fingerprint density at radius 3 is 3.06 bits per heavy atom. The summed E-state index contributed by atoms with van der Waals surface area (Å²) in [4.78, 5) is 4.23. The minimum absolute atomic E-state index is 0.486. The van der Waals surface area contributed by atoms with E-state index < -0.39 is 6.67 Å². The first-order chi connectivity index (χ1) is 7.85. The molecule has 82 valence electrons. The number of benzene rings is 1. The van der Waals surface area contributed by atoms with E-state index in [-0.39, 0.29) is 0 Å². The maximum atomic E-state index is 12.7. The van der Waals surface area contributed by atoms with E-state index in [1.54, 1.807) is 18.3 Å². The number of fused-ring (bicyclic) bond motifs is 1. The van der Waals surface area contributed by atoms with E-state index in [9.17, 15) is 4.39 Å². The summed E-state index contributed by atoms with van der Waals surface area (Å²) in [7, 11) is 0. The molecule has 0 atom stereocenters. The summed E-state index contributed by atoms with van der Waals surface area (Å²) in [6.07, 6.45) is 3.56. The van der Waals surface area contributed by atoms with E-state index in [2.05, 4.69) is 10.1 Å². The average Bonchev–Trinajstić information content (AvgIpc) is 2.35. The lowest BCUT2D eigenvalue weighted by molar-refractivity contribution is 0.321. The fourth-order valence-corrected chi connectivity index (χ4v) is 1.63. The highest BCUT2D eigenvalue weighted by molar-refractivity contribution is 5.83. The predicted octanol–water partition coefficient (Wildman–Crippen LogP) is 2.71. The van der Waals surface area contributed by atoms with Crippen LogP contribution in [-0.2, 0) is 13.1 Å². The smallest absolute Gasteiger partial charge is 0.115 e. The minimum atomic E-state index is -0.503. The van der Waals surface area contributed by atoms with Crippen molar-refractivity contribution in [3.05, 3.63) is 41.6 Å². The van der Waals surface area contributed by atoms with Gasteiger partial charge in [-0.05, 0) is 23.3 Å². The Bertz CT molecular complexity index is 525. The maximum absolute atomic E-state index is 12.7. The number of halogens is 1. The molecule has 0 spiro atoms. The third-order valence-electron chi connectivity index (χ3n) is 2.43. The average molecular weight is 218 g/mol. The Balaban J connectivity index is 2.50. The third kappa shape index (κ3) is 2.00. The quantitative estimate of drug-likeness (QED) is 0.489. The normalized spacial score (nSPS) is 11.3. The molecular weight excluding hydrogens is 207 g/mol. The molecule has 2 rings (SSSR count). The van der Waals surface area contributed by atoms with Gasteiger partial charge in [-0.2, -0.15) is 0 Å². The summed E-state index contributed by atoms with van der Waals surface area (Å²) in [5, 5.41) is 12.1. The fourth-order valence-electron chi connectivity index (χ4n) is 1.63. The van der Waals surface area contributed by atoms with Crippen molar-refractivity contribution in [2.75, 3.05) is 0 Å². The predicted molar refractivity (Wildman–Crippen MR) is 60.5 cm³/mol. The van der Waals surface area contributed by atoms with Gasteiger partial charge in [0.15, 0.2) is 0 Å². The highest BCUT2D eigenvalue weighted by Crippen LogP contribution is 2.19. The second-order valence-corrected chi connectivity index (χ2v) is 3.46. The number of aromatic nitrogens is 1. The first-order valence-corrected chi connectivity index (χ1v) is 4.93. The van der Waals surface area contributed by atoms with Gasteiger partial charge in [0.05, 0.1) is 5.52 Å². The lowest BCUT2D eigenvalue weighted by Gasteiger charge is -2.03. The molecule has 0 aliphatic carbocycles. The van der Waals surface area contributed by atoms with Gasteiger partial charge in [0.2, 0.25) is 0 Å². The Labute approximate surface area is 92.2 Å². The van der Waals surface area contributed by atoms with Crippen LogP contribution in [0.1, 0.15) is 11.1 Å². The van der Waals surface area contributed by atoms with Crippen LogP contribution in [0, 0.1) is 0 Å². The van der Waals surface area contributed by atoms with Crippen molar-refractivity contribution in [1.29, 1.82) is 0 Å². The molecule has 1 N–H and O–H groups in total. The van der Waals surface area contributed by atoms with Gasteiger partial charge in [-0.3, -0.25) is 4.98 Å². The highest BCUT2D eigenvalue weighted by atomic mass is 19.1. The van der Waals surface area contributed by atoms with Crippen LogP contribution in [-0.4, -0.2) is 16.4 Å². The molecule has 1 aromatic carbocycles. The van der Waals surface area contributed by atoms with Crippen LogP contribution in [0.15, 0.2) is 35.6 Å². The van der Waals surface area contributed by atoms with Gasteiger partial charge in [-0.15, -0.1) is 5.16 Å². The Morgan fingerprint density at radius 2 is 2.31 bits per heavy atom. The summed E-state index contributed by atoms with van der Waals surface area (Å²) in [6, 6.07) is 7.25. The molecule has 0 fully saturated rings. The van der Waals surface area contributed by atoms with Crippen LogP contribution in [0.4, 0.5) is 4.39 Å². The van der Waals surface area contributed by atoms with Crippen molar-refractivity contribution in [3.8, 4) is 0 Å². The number of oxime groups is 1. The zero-order valence-electron chi connectivity index (χ0n) is 8.60. The summed E-state index contributed by atoms with van der Waals surface area (Å²) < 4.78 is 12.7. The van der Waals surface area contributed by atoms with Crippen molar-refractivity contribution < 1.29 is 9.60 Å². The van der Waals surface area contributed by atoms with Crippen molar-refractivity contribution >= 4 is 17.1 Å². The van der Waals surface area contributed by atoms with Crippen LogP contribution in [0.5, 0.6) is 0 Å². The molecule has 0 unspecified atom stereocenters. The van der Waals surface area contributed by atoms with Gasteiger partial charge in [0.1, 0.15) is 6.67 Å². The largest absolute Gasteiger partial charge is 0.411 e. The van der Waals surface area contributed by atoms with Crippen molar-refractivity contribution in [2.45, 2.75) is 13.1 Å². The molecular formula is C12H11FN2O. The van der Waals surface area contributed by atoms with Crippen LogP contribution in [0.25, 0.3) is 10.9 Å². The summed E-state index contributed by atoms with van der Waals surface area (Å²) in [5.41, 5.74) is 2.30. The lowest BCUT2D eigenvalue weighted by atomic mass is 10.1. The summed E-state index contributed by atoms with van der Waals surface area (Å²) in [5.74, 6) is 0. The first kappa shape index (κ1) is 10.5. The second kappa shape index (κ2) is 4.70. The number of alkyl halides is 1. The molecule has 3 nitrogen and oxygen atoms in total. The van der Waals surface area contributed by atoms with E-state index in [4.69, 9.17) is 5.21 Å². The Hall–Kier alpha value is -1.97. The zero-order chi connectivity index (χ0) is 11.4.